The molecule has 0 aromatic carbocycles. The molecule has 3 aliphatic carbocycles. The van der Waals surface area contributed by atoms with E-state index in [1.807, 2.05) is 6.92 Å². The number of aliphatic hydroxyl groups is 1. The molecule has 0 heterocycles. The Morgan fingerprint density at radius 3 is 2.58 bits per heavy atom. The summed E-state index contributed by atoms with van der Waals surface area (Å²) in [5.74, 6) is 1.58. The van der Waals surface area contributed by atoms with Gasteiger partial charge >= 0.3 is 0 Å². The fraction of sp³-hybridized carbons (Fsp3) is 0.889. The Labute approximate surface area is 118 Å². The van der Waals surface area contributed by atoms with Crippen molar-refractivity contribution >= 4 is 0 Å². The molecule has 4 unspecified atom stereocenters. The van der Waals surface area contributed by atoms with Gasteiger partial charge in [0.15, 0.2) is 0 Å². The molecule has 0 aromatic rings. The van der Waals surface area contributed by atoms with Crippen LogP contribution >= 0.6 is 0 Å². The molecule has 3 rings (SSSR count). The van der Waals surface area contributed by atoms with Gasteiger partial charge in [0.2, 0.25) is 0 Å². The molecule has 0 amide bonds. The van der Waals surface area contributed by atoms with E-state index in [0.717, 1.165) is 24.7 Å². The standard InChI is InChI=1S/C18H30O/c1-16(2)9-5-10-18(4)14-8-11-17(3,19)12-13(14)6-7-15(16)18/h6,14-15,19H,5,7-12H2,1-4H3. The molecule has 0 bridgehead atoms. The summed E-state index contributed by atoms with van der Waals surface area (Å²) < 4.78 is 0. The van der Waals surface area contributed by atoms with Crippen molar-refractivity contribution in [1.29, 1.82) is 0 Å². The second-order valence-corrected chi connectivity index (χ2v) is 8.68. The highest BCUT2D eigenvalue weighted by Crippen LogP contribution is 2.62. The van der Waals surface area contributed by atoms with Gasteiger partial charge in [-0.05, 0) is 68.1 Å². The minimum atomic E-state index is -0.449. The Kier molecular flexibility index (Phi) is 2.95. The molecular weight excluding hydrogens is 232 g/mol. The summed E-state index contributed by atoms with van der Waals surface area (Å²) in [4.78, 5) is 0. The molecule has 0 aliphatic heterocycles. The monoisotopic (exact) mass is 262 g/mol. The topological polar surface area (TPSA) is 20.2 Å². The van der Waals surface area contributed by atoms with Gasteiger partial charge < -0.3 is 5.11 Å². The van der Waals surface area contributed by atoms with Crippen LogP contribution in [0.15, 0.2) is 11.6 Å². The highest BCUT2D eigenvalue weighted by Gasteiger charge is 2.53. The number of hydrogen-bond donors (Lipinski definition) is 1. The van der Waals surface area contributed by atoms with Gasteiger partial charge in [0.1, 0.15) is 0 Å². The molecule has 3 aliphatic rings. The first-order chi connectivity index (χ1) is 8.75. The normalized spacial score (nSPS) is 49.0. The second kappa shape index (κ2) is 4.10. The van der Waals surface area contributed by atoms with Crippen LogP contribution < -0.4 is 0 Å². The zero-order chi connectivity index (χ0) is 13.9. The van der Waals surface area contributed by atoms with Crippen LogP contribution in [-0.4, -0.2) is 10.7 Å². The average Bonchev–Trinajstić information content (AvgIpc) is 2.25. The van der Waals surface area contributed by atoms with Crippen molar-refractivity contribution in [3.8, 4) is 0 Å². The fourth-order valence-corrected chi connectivity index (χ4v) is 5.70. The molecule has 0 spiro atoms. The average molecular weight is 262 g/mol. The lowest BCUT2D eigenvalue weighted by Crippen LogP contribution is -2.51. The van der Waals surface area contributed by atoms with Gasteiger partial charge in [0.25, 0.3) is 0 Å². The van der Waals surface area contributed by atoms with Gasteiger partial charge in [-0.2, -0.15) is 0 Å². The number of fused-ring (bicyclic) bond motifs is 3. The maximum Gasteiger partial charge on any atom is 0.0657 e. The van der Waals surface area contributed by atoms with Crippen molar-refractivity contribution in [1.82, 2.24) is 0 Å². The number of hydrogen-bond acceptors (Lipinski definition) is 1. The Morgan fingerprint density at radius 1 is 1.11 bits per heavy atom. The molecule has 1 N–H and O–H groups in total. The molecule has 0 saturated heterocycles. The third-order valence-corrected chi connectivity index (χ3v) is 6.69. The van der Waals surface area contributed by atoms with Crippen molar-refractivity contribution in [2.24, 2.45) is 22.7 Å². The minimum Gasteiger partial charge on any atom is -0.390 e. The van der Waals surface area contributed by atoms with Gasteiger partial charge in [-0.15, -0.1) is 0 Å². The Bertz CT molecular complexity index is 404. The van der Waals surface area contributed by atoms with Crippen LogP contribution in [0, 0.1) is 22.7 Å². The van der Waals surface area contributed by atoms with Crippen LogP contribution in [-0.2, 0) is 0 Å². The van der Waals surface area contributed by atoms with Gasteiger partial charge in [0, 0.05) is 0 Å². The predicted octanol–water partition coefficient (Wildman–Crippen LogP) is 4.70. The Hall–Kier alpha value is -0.300. The molecule has 1 heteroatoms. The van der Waals surface area contributed by atoms with E-state index in [2.05, 4.69) is 26.8 Å². The maximum atomic E-state index is 10.4. The summed E-state index contributed by atoms with van der Waals surface area (Å²) in [5.41, 5.74) is 2.11. The zero-order valence-electron chi connectivity index (χ0n) is 13.1. The molecule has 19 heavy (non-hydrogen) atoms. The zero-order valence-corrected chi connectivity index (χ0v) is 13.1. The predicted molar refractivity (Wildman–Crippen MR) is 79.9 cm³/mol. The van der Waals surface area contributed by atoms with Crippen molar-refractivity contribution in [3.63, 3.8) is 0 Å². The molecule has 4 atom stereocenters. The van der Waals surface area contributed by atoms with E-state index in [1.54, 1.807) is 5.57 Å². The smallest absolute Gasteiger partial charge is 0.0657 e. The van der Waals surface area contributed by atoms with E-state index in [9.17, 15) is 5.11 Å². The lowest BCUT2D eigenvalue weighted by molar-refractivity contribution is -0.0648. The Morgan fingerprint density at radius 2 is 1.84 bits per heavy atom. The molecule has 108 valence electrons. The number of rotatable bonds is 0. The van der Waals surface area contributed by atoms with Crippen LogP contribution in [0.4, 0.5) is 0 Å². The van der Waals surface area contributed by atoms with E-state index in [-0.39, 0.29) is 0 Å². The summed E-state index contributed by atoms with van der Waals surface area (Å²) in [5, 5.41) is 10.4. The van der Waals surface area contributed by atoms with Crippen molar-refractivity contribution in [2.45, 2.75) is 78.2 Å². The molecule has 1 nitrogen and oxygen atoms in total. The van der Waals surface area contributed by atoms with Crippen LogP contribution in [0.5, 0.6) is 0 Å². The second-order valence-electron chi connectivity index (χ2n) is 8.68. The summed E-state index contributed by atoms with van der Waals surface area (Å²) in [6.07, 6.45) is 11.0. The highest BCUT2D eigenvalue weighted by atomic mass is 16.3. The van der Waals surface area contributed by atoms with Crippen LogP contribution in [0.25, 0.3) is 0 Å². The third-order valence-electron chi connectivity index (χ3n) is 6.69. The number of allylic oxidation sites excluding steroid dienone is 1. The minimum absolute atomic E-state index is 0.449. The van der Waals surface area contributed by atoms with Crippen molar-refractivity contribution < 1.29 is 5.11 Å². The molecule has 2 fully saturated rings. The maximum absolute atomic E-state index is 10.4. The van der Waals surface area contributed by atoms with Crippen molar-refractivity contribution in [3.05, 3.63) is 11.6 Å². The first-order valence-corrected chi connectivity index (χ1v) is 8.16. The quantitative estimate of drug-likeness (QED) is 0.627. The highest BCUT2D eigenvalue weighted by molar-refractivity contribution is 5.23. The first kappa shape index (κ1) is 13.7. The first-order valence-electron chi connectivity index (χ1n) is 8.16. The van der Waals surface area contributed by atoms with E-state index >= 15 is 0 Å². The largest absolute Gasteiger partial charge is 0.390 e. The molecule has 0 radical (unpaired) electrons. The van der Waals surface area contributed by atoms with E-state index in [1.165, 1.54) is 32.1 Å². The van der Waals surface area contributed by atoms with Crippen LogP contribution in [0.3, 0.4) is 0 Å². The van der Waals surface area contributed by atoms with E-state index < -0.39 is 5.60 Å². The van der Waals surface area contributed by atoms with Gasteiger partial charge in [-0.1, -0.05) is 38.8 Å². The molecular formula is C18H30O. The Balaban J connectivity index is 1.95. The van der Waals surface area contributed by atoms with Crippen molar-refractivity contribution in [2.75, 3.05) is 0 Å². The van der Waals surface area contributed by atoms with E-state index in [4.69, 9.17) is 0 Å². The SMILES string of the molecule is CC1(O)CCC2C(=CCC3C(C)(C)CCCC23C)C1. The third kappa shape index (κ3) is 2.09. The van der Waals surface area contributed by atoms with Crippen LogP contribution in [0.2, 0.25) is 0 Å². The fourth-order valence-electron chi connectivity index (χ4n) is 5.70. The lowest BCUT2D eigenvalue weighted by atomic mass is 9.46. The van der Waals surface area contributed by atoms with E-state index in [0.29, 0.717) is 10.8 Å². The molecule has 0 aromatic heterocycles. The van der Waals surface area contributed by atoms with Gasteiger partial charge in [0.05, 0.1) is 5.60 Å². The summed E-state index contributed by atoms with van der Waals surface area (Å²) in [6.45, 7) is 9.53. The summed E-state index contributed by atoms with van der Waals surface area (Å²) in [7, 11) is 0. The summed E-state index contributed by atoms with van der Waals surface area (Å²) in [6, 6.07) is 0. The van der Waals surface area contributed by atoms with Crippen LogP contribution in [0.1, 0.15) is 72.6 Å². The van der Waals surface area contributed by atoms with Gasteiger partial charge in [-0.3, -0.25) is 0 Å². The van der Waals surface area contributed by atoms with Gasteiger partial charge in [-0.25, -0.2) is 0 Å². The molecule has 2 saturated carbocycles. The lowest BCUT2D eigenvalue weighted by Gasteiger charge is -2.59. The summed E-state index contributed by atoms with van der Waals surface area (Å²) >= 11 is 0.